The average molecular weight is 364 g/mol. The summed E-state index contributed by atoms with van der Waals surface area (Å²) in [7, 11) is 0. The molecule has 0 unspecified atom stereocenters. The van der Waals surface area contributed by atoms with Crippen molar-refractivity contribution in [3.8, 4) is 0 Å². The van der Waals surface area contributed by atoms with Gasteiger partial charge in [0.25, 0.3) is 11.8 Å². The zero-order chi connectivity index (χ0) is 19.1. The number of carbonyl (C=O) groups excluding carboxylic acids is 5. The normalized spacial score (nSPS) is 22.6. The molecule has 0 aromatic rings. The van der Waals surface area contributed by atoms with E-state index in [1.165, 1.54) is 24.0 Å². The fraction of sp³-hybridized carbons (Fsp3) is 0.611. The van der Waals surface area contributed by atoms with Gasteiger partial charge in [0.05, 0.1) is 0 Å². The van der Waals surface area contributed by atoms with Crippen LogP contribution in [-0.2, 0) is 28.8 Å². The largest absolute Gasteiger partial charge is 0.300 e. The van der Waals surface area contributed by atoms with Gasteiger partial charge in [-0.15, -0.1) is 0 Å². The molecule has 0 bridgehead atoms. The van der Waals surface area contributed by atoms with Crippen molar-refractivity contribution >= 4 is 29.3 Å². The molecule has 1 aliphatic heterocycles. The van der Waals surface area contributed by atoms with Crippen molar-refractivity contribution in [2.24, 2.45) is 11.8 Å². The van der Waals surface area contributed by atoms with Gasteiger partial charge < -0.3 is 4.79 Å². The van der Waals surface area contributed by atoms with Crippen molar-refractivity contribution in [3.05, 3.63) is 12.2 Å². The van der Waals surface area contributed by atoms with Gasteiger partial charge in [-0.05, 0) is 38.5 Å². The Kier molecular flexibility index (Phi) is 7.20. The van der Waals surface area contributed by atoms with Crippen molar-refractivity contribution in [2.45, 2.75) is 45.4 Å². The van der Waals surface area contributed by atoms with Gasteiger partial charge in [0.15, 0.2) is 5.78 Å². The highest BCUT2D eigenvalue weighted by Gasteiger charge is 2.31. The minimum Gasteiger partial charge on any atom is -0.300 e. The predicted molar refractivity (Wildman–Crippen MR) is 90.3 cm³/mol. The lowest BCUT2D eigenvalue weighted by Gasteiger charge is -2.29. The number of nitrogens with one attached hydrogen (secondary N) is 1. The van der Waals surface area contributed by atoms with E-state index in [2.05, 4.69) is 5.48 Å². The van der Waals surface area contributed by atoms with Crippen LogP contribution in [0, 0.1) is 11.8 Å². The second-order valence-corrected chi connectivity index (χ2v) is 6.82. The lowest BCUT2D eigenvalue weighted by Crippen LogP contribution is -2.37. The van der Waals surface area contributed by atoms with Crippen LogP contribution in [0.4, 0.5) is 0 Å². The van der Waals surface area contributed by atoms with Gasteiger partial charge in [-0.25, -0.2) is 5.48 Å². The van der Waals surface area contributed by atoms with E-state index in [0.29, 0.717) is 19.4 Å². The number of imide groups is 1. The third-order valence-electron chi connectivity index (χ3n) is 4.75. The van der Waals surface area contributed by atoms with Gasteiger partial charge in [0.1, 0.15) is 12.4 Å². The number of hydrogen-bond acceptors (Lipinski definition) is 6. The first-order chi connectivity index (χ1) is 12.4. The second kappa shape index (κ2) is 9.38. The molecule has 142 valence electrons. The van der Waals surface area contributed by atoms with Crippen LogP contribution in [0.2, 0.25) is 0 Å². The maximum Gasteiger partial charge on any atom is 0.253 e. The van der Waals surface area contributed by atoms with Crippen LogP contribution in [0.5, 0.6) is 0 Å². The maximum absolute atomic E-state index is 12.1. The summed E-state index contributed by atoms with van der Waals surface area (Å²) < 4.78 is 0. The smallest absolute Gasteiger partial charge is 0.253 e. The van der Waals surface area contributed by atoms with Gasteiger partial charge in [-0.2, -0.15) is 0 Å². The Morgan fingerprint density at radius 3 is 2.27 bits per heavy atom. The van der Waals surface area contributed by atoms with Crippen LogP contribution in [0.1, 0.15) is 45.4 Å². The molecule has 8 nitrogen and oxygen atoms in total. The summed E-state index contributed by atoms with van der Waals surface area (Å²) in [4.78, 5) is 63.7. The Morgan fingerprint density at radius 1 is 1.08 bits per heavy atom. The molecule has 0 radical (unpaired) electrons. The molecule has 2 rings (SSSR count). The SMILES string of the molecule is CC(=O)CCC(=O)NOCC(=O)C1CCC(CN2C(=O)C=CC2=O)CC1. The molecular weight excluding hydrogens is 340 g/mol. The Bertz CT molecular complexity index is 601. The van der Waals surface area contributed by atoms with E-state index in [1.54, 1.807) is 0 Å². The van der Waals surface area contributed by atoms with Crippen LogP contribution in [-0.4, -0.2) is 47.3 Å². The summed E-state index contributed by atoms with van der Waals surface area (Å²) in [6, 6.07) is 0. The van der Waals surface area contributed by atoms with E-state index in [1.807, 2.05) is 0 Å². The minimum absolute atomic E-state index is 0.0391. The molecule has 2 aliphatic rings. The first kappa shape index (κ1) is 20.0. The van der Waals surface area contributed by atoms with Gasteiger partial charge in [-0.3, -0.25) is 28.9 Å². The Balaban J connectivity index is 1.63. The molecule has 0 spiro atoms. The van der Waals surface area contributed by atoms with E-state index in [9.17, 15) is 24.0 Å². The topological polar surface area (TPSA) is 110 Å². The zero-order valence-corrected chi connectivity index (χ0v) is 14.9. The zero-order valence-electron chi connectivity index (χ0n) is 14.9. The van der Waals surface area contributed by atoms with Crippen molar-refractivity contribution < 1.29 is 28.8 Å². The Labute approximate surface area is 151 Å². The van der Waals surface area contributed by atoms with Crippen LogP contribution < -0.4 is 5.48 Å². The summed E-state index contributed by atoms with van der Waals surface area (Å²) in [5.41, 5.74) is 2.17. The summed E-state index contributed by atoms with van der Waals surface area (Å²) in [5.74, 6) is -1.07. The predicted octanol–water partition coefficient (Wildman–Crippen LogP) is 0.704. The summed E-state index contributed by atoms with van der Waals surface area (Å²) in [6.07, 6.45) is 5.61. The Morgan fingerprint density at radius 2 is 1.69 bits per heavy atom. The summed E-state index contributed by atoms with van der Waals surface area (Å²) >= 11 is 0. The molecule has 1 heterocycles. The van der Waals surface area contributed by atoms with Crippen molar-refractivity contribution in [3.63, 3.8) is 0 Å². The van der Waals surface area contributed by atoms with E-state index in [-0.39, 0.29) is 54.7 Å². The standard InChI is InChI=1S/C18H24N2O6/c1-12(21)2-7-16(23)19-26-11-15(22)14-5-3-13(4-6-14)10-20-17(24)8-9-18(20)25/h8-9,13-14H,2-7,10-11H2,1H3,(H,19,23). The quantitative estimate of drug-likeness (QED) is 0.476. The number of hydroxylamine groups is 1. The van der Waals surface area contributed by atoms with E-state index in [0.717, 1.165) is 12.8 Å². The highest BCUT2D eigenvalue weighted by atomic mass is 16.7. The van der Waals surface area contributed by atoms with Crippen molar-refractivity contribution in [2.75, 3.05) is 13.2 Å². The second-order valence-electron chi connectivity index (χ2n) is 6.82. The van der Waals surface area contributed by atoms with Gasteiger partial charge in [0, 0.05) is 37.5 Å². The average Bonchev–Trinajstić information content (AvgIpc) is 2.92. The van der Waals surface area contributed by atoms with Crippen LogP contribution >= 0.6 is 0 Å². The summed E-state index contributed by atoms with van der Waals surface area (Å²) in [6.45, 7) is 1.60. The maximum atomic E-state index is 12.1. The van der Waals surface area contributed by atoms with Crippen molar-refractivity contribution in [1.82, 2.24) is 10.4 Å². The Hall–Kier alpha value is -2.35. The highest BCUT2D eigenvalue weighted by molar-refractivity contribution is 6.12. The van der Waals surface area contributed by atoms with Crippen LogP contribution in [0.25, 0.3) is 0 Å². The molecule has 1 aliphatic carbocycles. The third-order valence-corrected chi connectivity index (χ3v) is 4.75. The third kappa shape index (κ3) is 5.87. The van der Waals surface area contributed by atoms with Gasteiger partial charge in [0.2, 0.25) is 5.91 Å². The number of rotatable bonds is 9. The number of amides is 3. The minimum atomic E-state index is -0.426. The van der Waals surface area contributed by atoms with Crippen molar-refractivity contribution in [1.29, 1.82) is 0 Å². The molecule has 0 aromatic carbocycles. The molecule has 26 heavy (non-hydrogen) atoms. The number of carbonyl (C=O) groups is 5. The number of hydrogen-bond donors (Lipinski definition) is 1. The highest BCUT2D eigenvalue weighted by Crippen LogP contribution is 2.30. The molecule has 8 heteroatoms. The fourth-order valence-electron chi connectivity index (χ4n) is 3.18. The number of Topliss-reactive ketones (excluding diaryl/α,β-unsaturated/α-hetero) is 2. The molecular formula is C18H24N2O6. The van der Waals surface area contributed by atoms with E-state index >= 15 is 0 Å². The van der Waals surface area contributed by atoms with Gasteiger partial charge in [-0.1, -0.05) is 0 Å². The van der Waals surface area contributed by atoms with E-state index < -0.39 is 5.91 Å². The van der Waals surface area contributed by atoms with Crippen LogP contribution in [0.3, 0.4) is 0 Å². The summed E-state index contributed by atoms with van der Waals surface area (Å²) in [5, 5.41) is 0. The molecule has 1 N–H and O–H groups in total. The van der Waals surface area contributed by atoms with Gasteiger partial charge >= 0.3 is 0 Å². The number of ketones is 2. The molecule has 0 atom stereocenters. The lowest BCUT2D eigenvalue weighted by molar-refractivity contribution is -0.142. The molecule has 0 aromatic heterocycles. The molecule has 1 saturated carbocycles. The number of nitrogens with zero attached hydrogens (tertiary/aromatic N) is 1. The van der Waals surface area contributed by atoms with Crippen LogP contribution in [0.15, 0.2) is 12.2 Å². The lowest BCUT2D eigenvalue weighted by atomic mass is 9.80. The fourth-order valence-corrected chi connectivity index (χ4v) is 3.18. The van der Waals surface area contributed by atoms with E-state index in [4.69, 9.17) is 4.84 Å². The molecule has 0 saturated heterocycles. The monoisotopic (exact) mass is 364 g/mol. The molecule has 1 fully saturated rings. The first-order valence-electron chi connectivity index (χ1n) is 8.83. The first-order valence-corrected chi connectivity index (χ1v) is 8.83. The molecule has 3 amide bonds.